The maximum atomic E-state index is 10.8. The normalized spacial score (nSPS) is 32.0. The van der Waals surface area contributed by atoms with Crippen molar-refractivity contribution in [3.8, 4) is 0 Å². The molecule has 1 aliphatic heterocycles. The van der Waals surface area contributed by atoms with E-state index in [1.807, 2.05) is 0 Å². The fourth-order valence-electron chi connectivity index (χ4n) is 1.53. The van der Waals surface area contributed by atoms with Crippen molar-refractivity contribution >= 4 is 5.97 Å². The summed E-state index contributed by atoms with van der Waals surface area (Å²) in [5, 5.41) is 0. The molecule has 0 N–H and O–H groups in total. The fraction of sp³-hybridized carbons (Fsp3) is 0.700. The quantitative estimate of drug-likeness (QED) is 0.491. The van der Waals surface area contributed by atoms with Crippen LogP contribution >= 0.6 is 0 Å². The molecule has 0 bridgehead atoms. The van der Waals surface area contributed by atoms with Crippen molar-refractivity contribution in [1.82, 2.24) is 0 Å². The lowest BCUT2D eigenvalue weighted by molar-refractivity contribution is -0.203. The van der Waals surface area contributed by atoms with E-state index in [2.05, 4.69) is 20.4 Å². The van der Waals surface area contributed by atoms with Gasteiger partial charge in [0.2, 0.25) is 0 Å². The predicted molar refractivity (Wildman–Crippen MR) is 49.3 cm³/mol. The summed E-state index contributed by atoms with van der Waals surface area (Å²) in [5.74, 6) is -0.358. The molecule has 0 aromatic rings. The van der Waals surface area contributed by atoms with Crippen molar-refractivity contribution in [3.63, 3.8) is 0 Å². The van der Waals surface area contributed by atoms with Gasteiger partial charge < -0.3 is 9.47 Å². The summed E-state index contributed by atoms with van der Waals surface area (Å²) in [6.45, 7) is 8.58. The van der Waals surface area contributed by atoms with Gasteiger partial charge in [0.05, 0.1) is 18.1 Å². The first-order valence-electron chi connectivity index (χ1n) is 4.53. The standard InChI is InChI=1S/C10H16O3/c1-4-8-10(3,6-12-8)7-13-9(11)5-2/h5,8H,2,4,6-7H2,1,3H3. The van der Waals surface area contributed by atoms with E-state index in [0.717, 1.165) is 6.42 Å². The smallest absolute Gasteiger partial charge is 0.330 e. The Bertz CT molecular complexity index is 210. The molecule has 0 radical (unpaired) electrons. The Kier molecular flexibility index (Phi) is 3.09. The molecule has 1 heterocycles. The zero-order chi connectivity index (χ0) is 9.90. The fourth-order valence-corrected chi connectivity index (χ4v) is 1.53. The Morgan fingerprint density at radius 2 is 2.54 bits per heavy atom. The number of carbonyl (C=O) groups is 1. The molecule has 2 atom stereocenters. The zero-order valence-corrected chi connectivity index (χ0v) is 8.21. The summed E-state index contributed by atoms with van der Waals surface area (Å²) >= 11 is 0. The molecule has 2 unspecified atom stereocenters. The van der Waals surface area contributed by atoms with Gasteiger partial charge in [-0.15, -0.1) is 0 Å². The molecule has 0 aromatic carbocycles. The van der Waals surface area contributed by atoms with Crippen LogP contribution in [0.15, 0.2) is 12.7 Å². The van der Waals surface area contributed by atoms with Gasteiger partial charge in [0.25, 0.3) is 0 Å². The molecule has 1 fully saturated rings. The van der Waals surface area contributed by atoms with Crippen LogP contribution in [0.5, 0.6) is 0 Å². The largest absolute Gasteiger partial charge is 0.462 e. The van der Waals surface area contributed by atoms with E-state index < -0.39 is 0 Å². The van der Waals surface area contributed by atoms with E-state index >= 15 is 0 Å². The van der Waals surface area contributed by atoms with Gasteiger partial charge in [-0.3, -0.25) is 0 Å². The van der Waals surface area contributed by atoms with Crippen LogP contribution in [0.4, 0.5) is 0 Å². The van der Waals surface area contributed by atoms with Crippen molar-refractivity contribution in [2.45, 2.75) is 26.4 Å². The first kappa shape index (κ1) is 10.3. The van der Waals surface area contributed by atoms with Crippen LogP contribution < -0.4 is 0 Å². The van der Waals surface area contributed by atoms with Gasteiger partial charge in [-0.1, -0.05) is 20.4 Å². The monoisotopic (exact) mass is 184 g/mol. The molecule has 0 spiro atoms. The highest BCUT2D eigenvalue weighted by Crippen LogP contribution is 2.36. The molecular weight excluding hydrogens is 168 g/mol. The van der Waals surface area contributed by atoms with Crippen LogP contribution in [0.25, 0.3) is 0 Å². The third kappa shape index (κ3) is 2.10. The summed E-state index contributed by atoms with van der Waals surface area (Å²) in [4.78, 5) is 10.8. The molecule has 0 aromatic heterocycles. The minimum atomic E-state index is -0.358. The summed E-state index contributed by atoms with van der Waals surface area (Å²) in [7, 11) is 0. The minimum absolute atomic E-state index is 0.00736. The third-order valence-corrected chi connectivity index (χ3v) is 2.47. The SMILES string of the molecule is C=CC(=O)OCC1(C)COC1CC. The molecule has 13 heavy (non-hydrogen) atoms. The number of hydrogen-bond donors (Lipinski definition) is 0. The van der Waals surface area contributed by atoms with Crippen molar-refractivity contribution in [2.24, 2.45) is 5.41 Å². The maximum absolute atomic E-state index is 10.8. The van der Waals surface area contributed by atoms with Gasteiger partial charge in [-0.25, -0.2) is 4.79 Å². The lowest BCUT2D eigenvalue weighted by Gasteiger charge is -2.45. The number of rotatable bonds is 4. The highest BCUT2D eigenvalue weighted by Gasteiger charge is 2.44. The van der Waals surface area contributed by atoms with Crippen molar-refractivity contribution in [1.29, 1.82) is 0 Å². The summed E-state index contributed by atoms with van der Waals surface area (Å²) in [6.07, 6.45) is 2.37. The summed E-state index contributed by atoms with van der Waals surface area (Å²) in [5.41, 5.74) is 0.00736. The molecular formula is C10H16O3. The summed E-state index contributed by atoms with van der Waals surface area (Å²) < 4.78 is 10.3. The van der Waals surface area contributed by atoms with E-state index in [0.29, 0.717) is 13.2 Å². The Balaban J connectivity index is 2.35. The van der Waals surface area contributed by atoms with Crippen LogP contribution in [0.2, 0.25) is 0 Å². The van der Waals surface area contributed by atoms with Crippen LogP contribution in [-0.2, 0) is 14.3 Å². The van der Waals surface area contributed by atoms with Crippen molar-refractivity contribution in [3.05, 3.63) is 12.7 Å². The Morgan fingerprint density at radius 1 is 1.85 bits per heavy atom. The van der Waals surface area contributed by atoms with Crippen molar-refractivity contribution < 1.29 is 14.3 Å². The number of esters is 1. The van der Waals surface area contributed by atoms with E-state index in [4.69, 9.17) is 9.47 Å². The average Bonchev–Trinajstić information content (AvgIpc) is 2.12. The molecule has 3 nitrogen and oxygen atoms in total. The highest BCUT2D eigenvalue weighted by molar-refractivity contribution is 5.81. The number of carbonyl (C=O) groups excluding carboxylic acids is 1. The second-order valence-corrected chi connectivity index (χ2v) is 3.67. The maximum Gasteiger partial charge on any atom is 0.330 e. The molecule has 0 amide bonds. The molecule has 3 heteroatoms. The molecule has 1 aliphatic rings. The second-order valence-electron chi connectivity index (χ2n) is 3.67. The van der Waals surface area contributed by atoms with E-state index in [9.17, 15) is 4.79 Å². The second kappa shape index (κ2) is 3.92. The van der Waals surface area contributed by atoms with Gasteiger partial charge in [-0.05, 0) is 6.42 Å². The Morgan fingerprint density at radius 3 is 2.92 bits per heavy atom. The van der Waals surface area contributed by atoms with Gasteiger partial charge in [0, 0.05) is 6.08 Å². The van der Waals surface area contributed by atoms with Gasteiger partial charge in [0.1, 0.15) is 6.61 Å². The lowest BCUT2D eigenvalue weighted by atomic mass is 9.80. The minimum Gasteiger partial charge on any atom is -0.462 e. The molecule has 1 saturated heterocycles. The van der Waals surface area contributed by atoms with Crippen LogP contribution in [0.3, 0.4) is 0 Å². The molecule has 0 aliphatic carbocycles. The number of hydrogen-bond acceptors (Lipinski definition) is 3. The van der Waals surface area contributed by atoms with Crippen LogP contribution in [0, 0.1) is 5.41 Å². The van der Waals surface area contributed by atoms with E-state index in [1.54, 1.807) is 0 Å². The first-order valence-corrected chi connectivity index (χ1v) is 4.53. The third-order valence-electron chi connectivity index (χ3n) is 2.47. The zero-order valence-electron chi connectivity index (χ0n) is 8.21. The van der Waals surface area contributed by atoms with E-state index in [1.165, 1.54) is 6.08 Å². The van der Waals surface area contributed by atoms with Crippen LogP contribution in [-0.4, -0.2) is 25.3 Å². The predicted octanol–water partition coefficient (Wildman–Crippen LogP) is 1.53. The van der Waals surface area contributed by atoms with Gasteiger partial charge >= 0.3 is 5.97 Å². The number of ether oxygens (including phenoxy) is 2. The Labute approximate surface area is 78.7 Å². The topological polar surface area (TPSA) is 35.5 Å². The average molecular weight is 184 g/mol. The van der Waals surface area contributed by atoms with E-state index in [-0.39, 0.29) is 17.5 Å². The molecule has 1 rings (SSSR count). The molecule has 74 valence electrons. The first-order chi connectivity index (χ1) is 6.12. The van der Waals surface area contributed by atoms with Crippen molar-refractivity contribution in [2.75, 3.05) is 13.2 Å². The molecule has 0 saturated carbocycles. The van der Waals surface area contributed by atoms with Gasteiger partial charge in [0.15, 0.2) is 0 Å². The lowest BCUT2D eigenvalue weighted by Crippen LogP contribution is -2.52. The van der Waals surface area contributed by atoms with Gasteiger partial charge in [-0.2, -0.15) is 0 Å². The summed E-state index contributed by atoms with van der Waals surface area (Å²) in [6, 6.07) is 0. The van der Waals surface area contributed by atoms with Crippen LogP contribution in [0.1, 0.15) is 20.3 Å². The highest BCUT2D eigenvalue weighted by atomic mass is 16.6. The Hall–Kier alpha value is -0.830.